The molecule has 21 heavy (non-hydrogen) atoms. The molecule has 2 aliphatic heterocycles. The predicted octanol–water partition coefficient (Wildman–Crippen LogP) is 0.571. The zero-order valence-corrected chi connectivity index (χ0v) is 12.6. The minimum absolute atomic E-state index is 0.0171. The van der Waals surface area contributed by atoms with Crippen molar-refractivity contribution in [2.75, 3.05) is 13.6 Å². The van der Waals surface area contributed by atoms with E-state index in [4.69, 9.17) is 0 Å². The number of amides is 1. The predicted molar refractivity (Wildman–Crippen MR) is 77.4 cm³/mol. The monoisotopic (exact) mass is 289 g/mol. The number of aromatic nitrogens is 3. The van der Waals surface area contributed by atoms with Crippen LogP contribution in [-0.4, -0.2) is 45.2 Å². The molecule has 6 heteroatoms. The first-order valence-corrected chi connectivity index (χ1v) is 8.13. The summed E-state index contributed by atoms with van der Waals surface area (Å²) in [6.07, 6.45) is 5.91. The fraction of sp³-hybridized carbons (Fsp3) is 0.800. The van der Waals surface area contributed by atoms with Crippen LogP contribution in [0.2, 0.25) is 0 Å². The van der Waals surface area contributed by atoms with Crippen LogP contribution in [0.1, 0.15) is 37.3 Å². The molecule has 0 spiro atoms. The maximum atomic E-state index is 12.7. The molecule has 1 amide bonds. The van der Waals surface area contributed by atoms with Gasteiger partial charge < -0.3 is 14.8 Å². The van der Waals surface area contributed by atoms with E-state index < -0.39 is 0 Å². The fourth-order valence-electron chi connectivity index (χ4n) is 4.31. The second-order valence-corrected chi connectivity index (χ2v) is 6.72. The van der Waals surface area contributed by atoms with Gasteiger partial charge >= 0.3 is 0 Å². The molecule has 4 rings (SSSR count). The van der Waals surface area contributed by atoms with Crippen LogP contribution in [0.5, 0.6) is 0 Å². The van der Waals surface area contributed by atoms with E-state index in [9.17, 15) is 4.79 Å². The Hall–Kier alpha value is -1.43. The third kappa shape index (κ3) is 2.16. The smallest absolute Gasteiger partial charge is 0.240 e. The summed E-state index contributed by atoms with van der Waals surface area (Å²) < 4.78 is 2.17. The van der Waals surface area contributed by atoms with E-state index in [0.29, 0.717) is 18.4 Å². The van der Waals surface area contributed by atoms with Crippen molar-refractivity contribution in [3.63, 3.8) is 0 Å². The van der Waals surface area contributed by atoms with Gasteiger partial charge in [0.15, 0.2) is 5.82 Å². The number of likely N-dealkylation sites (N-methyl/N-ethyl adjacent to an activating group) is 1. The lowest BCUT2D eigenvalue weighted by atomic mass is 9.93. The second kappa shape index (κ2) is 5.09. The second-order valence-electron chi connectivity index (χ2n) is 6.72. The van der Waals surface area contributed by atoms with Crippen LogP contribution < -0.4 is 5.32 Å². The molecule has 6 nitrogen and oxygen atoms in total. The van der Waals surface area contributed by atoms with Crippen molar-refractivity contribution < 1.29 is 4.79 Å². The third-order valence-electron chi connectivity index (χ3n) is 5.45. The van der Waals surface area contributed by atoms with Crippen LogP contribution in [0.15, 0.2) is 0 Å². The van der Waals surface area contributed by atoms with E-state index in [1.54, 1.807) is 0 Å². The molecule has 1 aliphatic carbocycles. The SMILES string of the molecule is CN(Cc1nnc2n1CCC2)C(=O)C1NCC2CCCC21. The zero-order chi connectivity index (χ0) is 14.4. The Bertz CT molecular complexity index is 554. The minimum atomic E-state index is 0.0171. The molecule has 3 atom stereocenters. The van der Waals surface area contributed by atoms with Crippen LogP contribution in [0.4, 0.5) is 0 Å². The average molecular weight is 289 g/mol. The van der Waals surface area contributed by atoms with Gasteiger partial charge in [-0.3, -0.25) is 4.79 Å². The Balaban J connectivity index is 1.44. The number of hydrogen-bond acceptors (Lipinski definition) is 4. The molecular formula is C15H23N5O. The molecule has 1 N–H and O–H groups in total. The summed E-state index contributed by atoms with van der Waals surface area (Å²) >= 11 is 0. The number of carbonyl (C=O) groups excluding carboxylic acids is 1. The summed E-state index contributed by atoms with van der Waals surface area (Å²) in [5.41, 5.74) is 0. The van der Waals surface area contributed by atoms with Gasteiger partial charge in [0.05, 0.1) is 12.6 Å². The standard InChI is InChI=1S/C15H23N5O/c1-19(9-13-18-17-12-6-3-7-20(12)13)15(21)14-11-5-2-4-10(11)8-16-14/h10-11,14,16H,2-9H2,1H3. The number of aryl methyl sites for hydroxylation is 1. The van der Waals surface area contributed by atoms with Gasteiger partial charge in [-0.2, -0.15) is 0 Å². The summed E-state index contributed by atoms with van der Waals surface area (Å²) in [6, 6.07) is 0.0171. The Morgan fingerprint density at radius 1 is 1.38 bits per heavy atom. The van der Waals surface area contributed by atoms with E-state index >= 15 is 0 Å². The number of rotatable bonds is 3. The van der Waals surface area contributed by atoms with Gasteiger partial charge in [0.25, 0.3) is 0 Å². The van der Waals surface area contributed by atoms with Crippen LogP contribution in [-0.2, 0) is 24.3 Å². The number of nitrogens with zero attached hydrogens (tertiary/aromatic N) is 4. The number of fused-ring (bicyclic) bond motifs is 2. The molecule has 1 saturated heterocycles. The third-order valence-corrected chi connectivity index (χ3v) is 5.45. The van der Waals surface area contributed by atoms with Crippen molar-refractivity contribution in [1.29, 1.82) is 0 Å². The largest absolute Gasteiger partial charge is 0.337 e. The Morgan fingerprint density at radius 2 is 2.29 bits per heavy atom. The van der Waals surface area contributed by atoms with E-state index in [1.165, 1.54) is 19.3 Å². The lowest BCUT2D eigenvalue weighted by Gasteiger charge is -2.24. The van der Waals surface area contributed by atoms with Crippen LogP contribution in [0.25, 0.3) is 0 Å². The molecule has 2 fully saturated rings. The first-order valence-electron chi connectivity index (χ1n) is 8.13. The van der Waals surface area contributed by atoms with Gasteiger partial charge in [0, 0.05) is 20.0 Å². The number of carbonyl (C=O) groups is 1. The van der Waals surface area contributed by atoms with Crippen molar-refractivity contribution in [2.24, 2.45) is 11.8 Å². The molecule has 3 unspecified atom stereocenters. The van der Waals surface area contributed by atoms with Crippen molar-refractivity contribution >= 4 is 5.91 Å². The Morgan fingerprint density at radius 3 is 3.19 bits per heavy atom. The Labute approximate surface area is 124 Å². The summed E-state index contributed by atoms with van der Waals surface area (Å²) in [4.78, 5) is 14.5. The molecule has 3 heterocycles. The summed E-state index contributed by atoms with van der Waals surface area (Å²) in [5.74, 6) is 3.48. The molecule has 114 valence electrons. The van der Waals surface area contributed by atoms with Gasteiger partial charge in [0.2, 0.25) is 5.91 Å². The maximum absolute atomic E-state index is 12.7. The van der Waals surface area contributed by atoms with E-state index in [0.717, 1.165) is 37.6 Å². The van der Waals surface area contributed by atoms with Crippen molar-refractivity contribution in [2.45, 2.75) is 51.2 Å². The molecule has 1 aromatic heterocycles. The normalized spacial score (nSPS) is 30.4. The highest BCUT2D eigenvalue weighted by atomic mass is 16.2. The van der Waals surface area contributed by atoms with Crippen molar-refractivity contribution in [3.8, 4) is 0 Å². The zero-order valence-electron chi connectivity index (χ0n) is 12.6. The minimum Gasteiger partial charge on any atom is -0.337 e. The van der Waals surface area contributed by atoms with Gasteiger partial charge in [-0.1, -0.05) is 6.42 Å². The molecule has 0 bridgehead atoms. The lowest BCUT2D eigenvalue weighted by molar-refractivity contribution is -0.133. The van der Waals surface area contributed by atoms with Crippen molar-refractivity contribution in [1.82, 2.24) is 25.0 Å². The highest BCUT2D eigenvalue weighted by molar-refractivity contribution is 5.82. The van der Waals surface area contributed by atoms with E-state index in [-0.39, 0.29) is 11.9 Å². The quantitative estimate of drug-likeness (QED) is 0.884. The summed E-state index contributed by atoms with van der Waals surface area (Å²) in [6.45, 7) is 2.57. The van der Waals surface area contributed by atoms with E-state index in [2.05, 4.69) is 20.1 Å². The van der Waals surface area contributed by atoms with Crippen molar-refractivity contribution in [3.05, 3.63) is 11.6 Å². The van der Waals surface area contributed by atoms with Crippen LogP contribution >= 0.6 is 0 Å². The van der Waals surface area contributed by atoms with Gasteiger partial charge in [-0.15, -0.1) is 10.2 Å². The first-order chi connectivity index (χ1) is 10.2. The van der Waals surface area contributed by atoms with Crippen LogP contribution in [0, 0.1) is 11.8 Å². The van der Waals surface area contributed by atoms with Gasteiger partial charge in [-0.25, -0.2) is 0 Å². The Kier molecular flexibility index (Phi) is 3.21. The number of nitrogens with one attached hydrogen (secondary N) is 1. The van der Waals surface area contributed by atoms with Crippen LogP contribution in [0.3, 0.4) is 0 Å². The molecule has 3 aliphatic rings. The summed E-state index contributed by atoms with van der Waals surface area (Å²) in [5, 5.41) is 11.9. The van der Waals surface area contributed by atoms with Gasteiger partial charge in [-0.05, 0) is 37.6 Å². The molecular weight excluding hydrogens is 266 g/mol. The molecule has 1 aromatic rings. The lowest BCUT2D eigenvalue weighted by Crippen LogP contribution is -2.44. The maximum Gasteiger partial charge on any atom is 0.240 e. The topological polar surface area (TPSA) is 63.1 Å². The summed E-state index contributed by atoms with van der Waals surface area (Å²) in [7, 11) is 1.89. The highest BCUT2D eigenvalue weighted by Gasteiger charge is 2.43. The van der Waals surface area contributed by atoms with Gasteiger partial charge in [0.1, 0.15) is 5.82 Å². The molecule has 0 aromatic carbocycles. The molecule has 0 radical (unpaired) electrons. The van der Waals surface area contributed by atoms with E-state index in [1.807, 2.05) is 11.9 Å². The first kappa shape index (κ1) is 13.2. The average Bonchev–Trinajstić information content (AvgIpc) is 3.20. The fourth-order valence-corrected chi connectivity index (χ4v) is 4.31. The highest BCUT2D eigenvalue weighted by Crippen LogP contribution is 2.38. The number of hydrogen-bond donors (Lipinski definition) is 1. The molecule has 1 saturated carbocycles.